The standard InChI is InChI=1S/C24H31N3O8S/c1-15(2)21-11-20(8-9-27(21)24(28)29)35-23-16(3)22(25-14-26-23)34-19-6-4-17(5-7-19)10-18-12-32-36(30,31)33-13-18/h4-7,14-15,18,20-21H,8-13H2,1-3H3,(H,28,29). The molecule has 2 fully saturated rings. The number of piperidine rings is 1. The monoisotopic (exact) mass is 521 g/mol. The summed E-state index contributed by atoms with van der Waals surface area (Å²) in [7, 11) is -3.85. The van der Waals surface area contributed by atoms with Gasteiger partial charge in [-0.3, -0.25) is 0 Å². The van der Waals surface area contributed by atoms with E-state index in [9.17, 15) is 18.3 Å². The number of benzene rings is 1. The minimum atomic E-state index is -3.85. The molecular formula is C24H31N3O8S. The first-order valence-corrected chi connectivity index (χ1v) is 13.2. The Morgan fingerprint density at radius 3 is 2.47 bits per heavy atom. The number of hydrogen-bond donors (Lipinski definition) is 1. The predicted octanol–water partition coefficient (Wildman–Crippen LogP) is 3.57. The van der Waals surface area contributed by atoms with Crippen LogP contribution in [0.3, 0.4) is 0 Å². The van der Waals surface area contributed by atoms with Crippen LogP contribution in [0.15, 0.2) is 30.6 Å². The van der Waals surface area contributed by atoms with E-state index in [1.165, 1.54) is 11.2 Å². The normalized spacial score (nSPS) is 22.4. The second-order valence-corrected chi connectivity index (χ2v) is 10.7. The average molecular weight is 522 g/mol. The van der Waals surface area contributed by atoms with Crippen molar-refractivity contribution in [2.75, 3.05) is 19.8 Å². The Morgan fingerprint density at radius 1 is 1.17 bits per heavy atom. The zero-order valence-electron chi connectivity index (χ0n) is 20.5. The first-order valence-electron chi connectivity index (χ1n) is 11.9. The summed E-state index contributed by atoms with van der Waals surface area (Å²) in [6.07, 6.45) is 2.11. The van der Waals surface area contributed by atoms with Crippen LogP contribution in [0.25, 0.3) is 0 Å². The van der Waals surface area contributed by atoms with E-state index in [0.717, 1.165) is 5.56 Å². The molecule has 2 aliphatic rings. The number of hydrogen-bond acceptors (Lipinski definition) is 9. The maximum atomic E-state index is 11.6. The second kappa shape index (κ2) is 11.0. The highest BCUT2D eigenvalue weighted by Crippen LogP contribution is 2.31. The summed E-state index contributed by atoms with van der Waals surface area (Å²) >= 11 is 0. The minimum Gasteiger partial charge on any atom is -0.474 e. The van der Waals surface area contributed by atoms with Crippen LogP contribution < -0.4 is 9.47 Å². The van der Waals surface area contributed by atoms with E-state index >= 15 is 0 Å². The van der Waals surface area contributed by atoms with Gasteiger partial charge in [0.25, 0.3) is 0 Å². The Morgan fingerprint density at radius 2 is 1.83 bits per heavy atom. The summed E-state index contributed by atoms with van der Waals surface area (Å²) in [6.45, 7) is 6.45. The molecule has 0 radical (unpaired) electrons. The van der Waals surface area contributed by atoms with Crippen LogP contribution in [-0.4, -0.2) is 66.4 Å². The molecule has 196 valence electrons. The summed E-state index contributed by atoms with van der Waals surface area (Å²) in [4.78, 5) is 21.6. The summed E-state index contributed by atoms with van der Waals surface area (Å²) in [5.74, 6) is 1.49. The van der Waals surface area contributed by atoms with E-state index in [1.54, 1.807) is 0 Å². The summed E-state index contributed by atoms with van der Waals surface area (Å²) in [5.41, 5.74) is 1.65. The Bertz CT molecular complexity index is 1160. The van der Waals surface area contributed by atoms with Gasteiger partial charge in [0.15, 0.2) is 0 Å². The highest BCUT2D eigenvalue weighted by Gasteiger charge is 2.35. The number of aromatic nitrogens is 2. The van der Waals surface area contributed by atoms with E-state index < -0.39 is 16.5 Å². The number of likely N-dealkylation sites (tertiary alicyclic amines) is 1. The molecule has 0 spiro atoms. The zero-order chi connectivity index (χ0) is 25.9. The smallest absolute Gasteiger partial charge is 0.407 e. The molecule has 3 heterocycles. The van der Waals surface area contributed by atoms with Gasteiger partial charge in [-0.25, -0.2) is 23.1 Å². The third-order valence-corrected chi connectivity index (χ3v) is 7.29. The van der Waals surface area contributed by atoms with Crippen molar-refractivity contribution in [2.24, 2.45) is 11.8 Å². The molecule has 2 unspecified atom stereocenters. The van der Waals surface area contributed by atoms with Crippen LogP contribution in [0.5, 0.6) is 17.5 Å². The van der Waals surface area contributed by atoms with Gasteiger partial charge in [-0.15, -0.1) is 0 Å². The number of ether oxygens (including phenoxy) is 2. The lowest BCUT2D eigenvalue weighted by Gasteiger charge is -2.39. The number of rotatable bonds is 7. The minimum absolute atomic E-state index is 0.0539. The van der Waals surface area contributed by atoms with Crippen LogP contribution in [0.4, 0.5) is 4.79 Å². The van der Waals surface area contributed by atoms with E-state index in [-0.39, 0.29) is 37.2 Å². The lowest BCUT2D eigenvalue weighted by atomic mass is 9.91. The van der Waals surface area contributed by atoms with E-state index in [1.807, 2.05) is 45.0 Å². The average Bonchev–Trinajstić information content (AvgIpc) is 2.84. The molecule has 2 aromatic rings. The van der Waals surface area contributed by atoms with Gasteiger partial charge in [0, 0.05) is 31.3 Å². The summed E-state index contributed by atoms with van der Waals surface area (Å²) in [5, 5.41) is 9.49. The van der Waals surface area contributed by atoms with Crippen LogP contribution >= 0.6 is 0 Å². The van der Waals surface area contributed by atoms with Crippen molar-refractivity contribution in [3.05, 3.63) is 41.7 Å². The Kier molecular flexibility index (Phi) is 7.96. The van der Waals surface area contributed by atoms with Crippen LogP contribution in [0.2, 0.25) is 0 Å². The molecule has 0 aliphatic carbocycles. The highest BCUT2D eigenvalue weighted by atomic mass is 32.3. The first-order chi connectivity index (χ1) is 17.1. The molecule has 4 rings (SSSR count). The van der Waals surface area contributed by atoms with Gasteiger partial charge in [0.05, 0.1) is 18.8 Å². The molecule has 0 saturated carbocycles. The van der Waals surface area contributed by atoms with Gasteiger partial charge in [-0.2, -0.15) is 8.42 Å². The third-order valence-electron chi connectivity index (χ3n) is 6.44. The fourth-order valence-electron chi connectivity index (χ4n) is 4.44. The fraction of sp³-hybridized carbons (Fsp3) is 0.542. The van der Waals surface area contributed by atoms with Crippen molar-refractivity contribution in [1.82, 2.24) is 14.9 Å². The molecule has 2 saturated heterocycles. The maximum Gasteiger partial charge on any atom is 0.407 e. The largest absolute Gasteiger partial charge is 0.474 e. The molecule has 11 nitrogen and oxygen atoms in total. The predicted molar refractivity (Wildman–Crippen MR) is 128 cm³/mol. The van der Waals surface area contributed by atoms with Gasteiger partial charge in [-0.1, -0.05) is 26.0 Å². The molecule has 12 heteroatoms. The van der Waals surface area contributed by atoms with Gasteiger partial charge in [0.2, 0.25) is 11.8 Å². The van der Waals surface area contributed by atoms with Crippen molar-refractivity contribution in [2.45, 2.75) is 52.2 Å². The van der Waals surface area contributed by atoms with Gasteiger partial charge in [0.1, 0.15) is 18.2 Å². The van der Waals surface area contributed by atoms with E-state index in [0.29, 0.717) is 48.9 Å². The molecule has 1 aromatic heterocycles. The molecule has 2 atom stereocenters. The van der Waals surface area contributed by atoms with E-state index in [4.69, 9.17) is 17.8 Å². The second-order valence-electron chi connectivity index (χ2n) is 9.45. The molecule has 36 heavy (non-hydrogen) atoms. The Labute approximate surface area is 210 Å². The van der Waals surface area contributed by atoms with Crippen molar-refractivity contribution < 1.29 is 36.2 Å². The van der Waals surface area contributed by atoms with Crippen molar-refractivity contribution >= 4 is 16.5 Å². The first kappa shape index (κ1) is 26.1. The lowest BCUT2D eigenvalue weighted by molar-refractivity contribution is 0.0360. The number of nitrogens with zero attached hydrogens (tertiary/aromatic N) is 3. The van der Waals surface area contributed by atoms with Crippen molar-refractivity contribution in [3.63, 3.8) is 0 Å². The quantitative estimate of drug-likeness (QED) is 0.575. The van der Waals surface area contributed by atoms with Crippen molar-refractivity contribution in [1.29, 1.82) is 0 Å². The van der Waals surface area contributed by atoms with Gasteiger partial charge >= 0.3 is 16.5 Å². The van der Waals surface area contributed by atoms with Crippen molar-refractivity contribution in [3.8, 4) is 17.5 Å². The maximum absolute atomic E-state index is 11.6. The van der Waals surface area contributed by atoms with Crippen LogP contribution in [-0.2, 0) is 25.2 Å². The third kappa shape index (κ3) is 6.42. The van der Waals surface area contributed by atoms with Gasteiger partial charge < -0.3 is 19.5 Å². The van der Waals surface area contributed by atoms with Gasteiger partial charge in [-0.05, 0) is 37.0 Å². The van der Waals surface area contributed by atoms with Crippen LogP contribution in [0, 0.1) is 18.8 Å². The zero-order valence-corrected chi connectivity index (χ0v) is 21.3. The van der Waals surface area contributed by atoms with E-state index in [2.05, 4.69) is 9.97 Å². The molecular weight excluding hydrogens is 490 g/mol. The molecule has 0 bridgehead atoms. The summed E-state index contributed by atoms with van der Waals surface area (Å²) in [6, 6.07) is 7.30. The highest BCUT2D eigenvalue weighted by molar-refractivity contribution is 7.81. The van der Waals surface area contributed by atoms with Crippen LogP contribution in [0.1, 0.15) is 37.8 Å². The Balaban J connectivity index is 1.37. The lowest BCUT2D eigenvalue weighted by Crippen LogP contribution is -2.50. The number of amides is 1. The Hall–Kier alpha value is -2.96. The number of carbonyl (C=O) groups is 1. The summed E-state index contributed by atoms with van der Waals surface area (Å²) < 4.78 is 44.0. The fourth-order valence-corrected chi connectivity index (χ4v) is 5.22. The molecule has 1 amide bonds. The SMILES string of the molecule is Cc1c(Oc2ccc(CC3COS(=O)(=O)OC3)cc2)ncnc1OC1CCN(C(=O)O)C(C(C)C)C1. The molecule has 1 N–H and O–H groups in total. The molecule has 2 aliphatic heterocycles. The number of carboxylic acid groups (broad SMARTS) is 1. The molecule has 1 aromatic carbocycles. The topological polar surface area (TPSA) is 137 Å².